The Hall–Kier alpha value is -2.86. The Bertz CT molecular complexity index is 959. The molecule has 0 aliphatic heterocycles. The topological polar surface area (TPSA) is 60.5 Å². The van der Waals surface area contributed by atoms with Gasteiger partial charge in [-0.15, -0.1) is 11.3 Å². The first-order chi connectivity index (χ1) is 13.5. The summed E-state index contributed by atoms with van der Waals surface area (Å²) < 4.78 is 10.8. The highest BCUT2D eigenvalue weighted by Crippen LogP contribution is 2.36. The minimum Gasteiger partial charge on any atom is -0.497 e. The summed E-state index contributed by atoms with van der Waals surface area (Å²) in [5.74, 6) is 1.25. The van der Waals surface area contributed by atoms with E-state index in [1.54, 1.807) is 20.3 Å². The highest BCUT2D eigenvalue weighted by Gasteiger charge is 2.17. The van der Waals surface area contributed by atoms with Crippen LogP contribution in [-0.2, 0) is 6.42 Å². The van der Waals surface area contributed by atoms with Gasteiger partial charge in [-0.05, 0) is 37.6 Å². The first-order valence-electron chi connectivity index (χ1n) is 9.15. The molecule has 0 saturated carbocycles. The number of methoxy groups -OCH3 is 2. The van der Waals surface area contributed by atoms with E-state index in [4.69, 9.17) is 14.5 Å². The number of hydrogen-bond donors (Lipinski definition) is 1. The fourth-order valence-corrected chi connectivity index (χ4v) is 4.01. The number of thiazole rings is 1. The van der Waals surface area contributed by atoms with Crippen molar-refractivity contribution in [1.29, 1.82) is 0 Å². The van der Waals surface area contributed by atoms with Crippen molar-refractivity contribution < 1.29 is 14.3 Å². The summed E-state index contributed by atoms with van der Waals surface area (Å²) in [5, 5.41) is 3.53. The van der Waals surface area contributed by atoms with Crippen molar-refractivity contribution in [2.45, 2.75) is 26.7 Å². The molecular weight excluding hydrogens is 372 g/mol. The molecule has 1 N–H and O–H groups in total. The minimum absolute atomic E-state index is 0.157. The number of carbonyl (C=O) groups is 1. The second kappa shape index (κ2) is 8.89. The maximum atomic E-state index is 12.6. The molecule has 0 atom stereocenters. The summed E-state index contributed by atoms with van der Waals surface area (Å²) >= 11 is 1.51. The van der Waals surface area contributed by atoms with E-state index in [0.29, 0.717) is 22.2 Å². The number of carbonyl (C=O) groups excluding carboxylic acids is 1. The lowest BCUT2D eigenvalue weighted by molar-refractivity contribution is 0.102. The Balaban J connectivity index is 1.95. The maximum absolute atomic E-state index is 12.6. The van der Waals surface area contributed by atoms with Crippen LogP contribution in [0.25, 0.3) is 11.3 Å². The van der Waals surface area contributed by atoms with E-state index in [-0.39, 0.29) is 5.91 Å². The Morgan fingerprint density at radius 2 is 1.82 bits per heavy atom. The molecule has 1 heterocycles. The van der Waals surface area contributed by atoms with Crippen LogP contribution >= 0.6 is 11.3 Å². The SMILES string of the molecule is CCCc1sc(NC(=O)c2cccc(C)c2)nc1-c1cc(OC)cc(OC)c1. The van der Waals surface area contributed by atoms with Crippen molar-refractivity contribution in [2.75, 3.05) is 19.5 Å². The predicted octanol–water partition coefficient (Wildman–Crippen LogP) is 5.34. The van der Waals surface area contributed by atoms with E-state index >= 15 is 0 Å². The number of hydrogen-bond acceptors (Lipinski definition) is 5. The van der Waals surface area contributed by atoms with Crippen LogP contribution in [0.2, 0.25) is 0 Å². The maximum Gasteiger partial charge on any atom is 0.257 e. The van der Waals surface area contributed by atoms with Crippen LogP contribution < -0.4 is 14.8 Å². The zero-order chi connectivity index (χ0) is 20.1. The van der Waals surface area contributed by atoms with E-state index in [1.807, 2.05) is 43.3 Å². The molecule has 3 aromatic rings. The summed E-state index contributed by atoms with van der Waals surface area (Å²) in [6.07, 6.45) is 1.87. The third-order valence-electron chi connectivity index (χ3n) is 4.30. The second-order valence-electron chi connectivity index (χ2n) is 6.47. The van der Waals surface area contributed by atoms with Crippen molar-refractivity contribution in [1.82, 2.24) is 4.98 Å². The van der Waals surface area contributed by atoms with Gasteiger partial charge in [-0.2, -0.15) is 0 Å². The summed E-state index contributed by atoms with van der Waals surface area (Å²) in [6.45, 7) is 4.09. The largest absolute Gasteiger partial charge is 0.497 e. The van der Waals surface area contributed by atoms with Gasteiger partial charge in [-0.1, -0.05) is 31.0 Å². The van der Waals surface area contributed by atoms with Gasteiger partial charge in [0.05, 0.1) is 19.9 Å². The molecule has 6 heteroatoms. The number of aryl methyl sites for hydroxylation is 2. The Morgan fingerprint density at radius 1 is 1.11 bits per heavy atom. The van der Waals surface area contributed by atoms with E-state index < -0.39 is 0 Å². The van der Waals surface area contributed by atoms with Gasteiger partial charge >= 0.3 is 0 Å². The molecule has 1 amide bonds. The molecule has 3 rings (SSSR count). The molecule has 0 aliphatic rings. The van der Waals surface area contributed by atoms with Gasteiger partial charge in [0, 0.05) is 22.1 Å². The molecule has 0 saturated heterocycles. The molecule has 2 aromatic carbocycles. The van der Waals surface area contributed by atoms with E-state index in [2.05, 4.69) is 12.2 Å². The van der Waals surface area contributed by atoms with Crippen LogP contribution in [0.5, 0.6) is 11.5 Å². The number of nitrogens with one attached hydrogen (secondary N) is 1. The molecule has 0 aliphatic carbocycles. The van der Waals surface area contributed by atoms with E-state index in [1.165, 1.54) is 11.3 Å². The Kier molecular flexibility index (Phi) is 6.31. The normalized spacial score (nSPS) is 10.6. The minimum atomic E-state index is -0.157. The summed E-state index contributed by atoms with van der Waals surface area (Å²) in [4.78, 5) is 18.4. The van der Waals surface area contributed by atoms with Gasteiger partial charge < -0.3 is 9.47 Å². The number of benzene rings is 2. The first kappa shape index (κ1) is 19.9. The number of nitrogens with zero attached hydrogens (tertiary/aromatic N) is 1. The smallest absolute Gasteiger partial charge is 0.257 e. The molecule has 146 valence electrons. The van der Waals surface area contributed by atoms with Gasteiger partial charge in [-0.3, -0.25) is 10.1 Å². The zero-order valence-corrected chi connectivity index (χ0v) is 17.4. The van der Waals surface area contributed by atoms with Crippen LogP contribution in [-0.4, -0.2) is 25.1 Å². The van der Waals surface area contributed by atoms with E-state index in [9.17, 15) is 4.79 Å². The predicted molar refractivity (Wildman–Crippen MR) is 114 cm³/mol. The van der Waals surface area contributed by atoms with Gasteiger partial charge in [0.15, 0.2) is 5.13 Å². The number of anilines is 1. The average Bonchev–Trinajstić information content (AvgIpc) is 3.10. The molecule has 0 fully saturated rings. The molecule has 28 heavy (non-hydrogen) atoms. The molecule has 0 radical (unpaired) electrons. The molecule has 0 spiro atoms. The Morgan fingerprint density at radius 3 is 2.43 bits per heavy atom. The summed E-state index contributed by atoms with van der Waals surface area (Å²) in [5.41, 5.74) is 3.43. The lowest BCUT2D eigenvalue weighted by atomic mass is 10.1. The highest BCUT2D eigenvalue weighted by molar-refractivity contribution is 7.16. The monoisotopic (exact) mass is 396 g/mol. The van der Waals surface area contributed by atoms with Crippen LogP contribution in [0.4, 0.5) is 5.13 Å². The van der Waals surface area contributed by atoms with Crippen molar-refractivity contribution in [3.8, 4) is 22.8 Å². The third-order valence-corrected chi connectivity index (χ3v) is 5.33. The van der Waals surface area contributed by atoms with Crippen LogP contribution in [0, 0.1) is 6.92 Å². The van der Waals surface area contributed by atoms with Gasteiger partial charge in [0.1, 0.15) is 11.5 Å². The number of aromatic nitrogens is 1. The van der Waals surface area contributed by atoms with Crippen LogP contribution in [0.15, 0.2) is 42.5 Å². The zero-order valence-electron chi connectivity index (χ0n) is 16.5. The lowest BCUT2D eigenvalue weighted by Crippen LogP contribution is -2.11. The number of ether oxygens (including phenoxy) is 2. The first-order valence-corrected chi connectivity index (χ1v) is 9.96. The van der Waals surface area contributed by atoms with Crippen molar-refractivity contribution in [3.63, 3.8) is 0 Å². The standard InChI is InChI=1S/C22H24N2O3S/c1-5-7-19-20(16-11-17(26-3)13-18(12-16)27-4)23-22(28-19)24-21(25)15-9-6-8-14(2)10-15/h6,8-13H,5,7H2,1-4H3,(H,23,24,25). The summed E-state index contributed by atoms with van der Waals surface area (Å²) in [7, 11) is 3.25. The van der Waals surface area contributed by atoms with Crippen LogP contribution in [0.3, 0.4) is 0 Å². The van der Waals surface area contributed by atoms with E-state index in [0.717, 1.165) is 34.5 Å². The summed E-state index contributed by atoms with van der Waals surface area (Å²) in [6, 6.07) is 13.2. The molecular formula is C22H24N2O3S. The van der Waals surface area contributed by atoms with Crippen LogP contribution in [0.1, 0.15) is 34.1 Å². The van der Waals surface area contributed by atoms with Crippen molar-refractivity contribution >= 4 is 22.4 Å². The lowest BCUT2D eigenvalue weighted by Gasteiger charge is -2.08. The fraction of sp³-hybridized carbons (Fsp3) is 0.273. The molecule has 0 bridgehead atoms. The van der Waals surface area contributed by atoms with Gasteiger partial charge in [0.2, 0.25) is 0 Å². The number of amides is 1. The molecule has 1 aromatic heterocycles. The van der Waals surface area contributed by atoms with Gasteiger partial charge in [-0.25, -0.2) is 4.98 Å². The number of rotatable bonds is 7. The van der Waals surface area contributed by atoms with Gasteiger partial charge in [0.25, 0.3) is 5.91 Å². The fourth-order valence-electron chi connectivity index (χ4n) is 2.93. The van der Waals surface area contributed by atoms with Crippen molar-refractivity contribution in [3.05, 3.63) is 58.5 Å². The Labute approximate surface area is 169 Å². The van der Waals surface area contributed by atoms with Crippen molar-refractivity contribution in [2.24, 2.45) is 0 Å². The second-order valence-corrected chi connectivity index (χ2v) is 7.55. The molecule has 5 nitrogen and oxygen atoms in total. The quantitative estimate of drug-likeness (QED) is 0.585. The third kappa shape index (κ3) is 4.51. The average molecular weight is 397 g/mol. The highest BCUT2D eigenvalue weighted by atomic mass is 32.1. The molecule has 0 unspecified atom stereocenters.